The number of nitrogens with zero attached hydrogens (tertiary/aromatic N) is 1. The van der Waals surface area contributed by atoms with E-state index in [4.69, 9.17) is 9.84 Å². The first-order valence-electron chi connectivity index (χ1n) is 12.0. The number of aliphatic carboxylic acids is 1. The SMILES string of the molecule is CCC(C)(NC(=O)OCC1c2ccccc2-c2ccccc21)C(=O)N1CCC(CCC(=O)O)C1. The molecule has 2 unspecified atom stereocenters. The summed E-state index contributed by atoms with van der Waals surface area (Å²) >= 11 is 0. The van der Waals surface area contributed by atoms with Crippen LogP contribution in [0.25, 0.3) is 11.1 Å². The van der Waals surface area contributed by atoms with Crippen LogP contribution in [0.4, 0.5) is 4.79 Å². The maximum absolute atomic E-state index is 13.2. The molecule has 7 heteroatoms. The van der Waals surface area contributed by atoms with Crippen molar-refractivity contribution in [2.45, 2.75) is 51.0 Å². The summed E-state index contributed by atoms with van der Waals surface area (Å²) < 4.78 is 5.65. The van der Waals surface area contributed by atoms with Crippen molar-refractivity contribution in [3.63, 3.8) is 0 Å². The molecule has 0 aromatic heterocycles. The Labute approximate surface area is 200 Å². The van der Waals surface area contributed by atoms with E-state index in [9.17, 15) is 14.4 Å². The molecule has 180 valence electrons. The van der Waals surface area contributed by atoms with Crippen LogP contribution in [-0.2, 0) is 14.3 Å². The topological polar surface area (TPSA) is 95.9 Å². The van der Waals surface area contributed by atoms with E-state index in [2.05, 4.69) is 29.6 Å². The van der Waals surface area contributed by atoms with Gasteiger partial charge in [-0.25, -0.2) is 4.79 Å². The van der Waals surface area contributed by atoms with Gasteiger partial charge in [0.2, 0.25) is 5.91 Å². The van der Waals surface area contributed by atoms with Crippen LogP contribution in [0.3, 0.4) is 0 Å². The predicted molar refractivity (Wildman–Crippen MR) is 128 cm³/mol. The molecule has 0 spiro atoms. The van der Waals surface area contributed by atoms with Crippen molar-refractivity contribution in [3.05, 3.63) is 59.7 Å². The van der Waals surface area contributed by atoms with Gasteiger partial charge in [0.25, 0.3) is 0 Å². The zero-order valence-electron chi connectivity index (χ0n) is 19.8. The molecule has 1 aliphatic carbocycles. The minimum Gasteiger partial charge on any atom is -0.481 e. The second-order valence-electron chi connectivity index (χ2n) is 9.47. The molecule has 2 aromatic carbocycles. The van der Waals surface area contributed by atoms with Gasteiger partial charge >= 0.3 is 12.1 Å². The molecule has 1 heterocycles. The zero-order chi connectivity index (χ0) is 24.3. The average molecular weight is 465 g/mol. The molecule has 0 radical (unpaired) electrons. The van der Waals surface area contributed by atoms with E-state index >= 15 is 0 Å². The van der Waals surface area contributed by atoms with Crippen molar-refractivity contribution in [3.8, 4) is 11.1 Å². The van der Waals surface area contributed by atoms with Crippen LogP contribution in [0.1, 0.15) is 56.6 Å². The van der Waals surface area contributed by atoms with Gasteiger partial charge in [0.1, 0.15) is 12.1 Å². The third-order valence-electron chi connectivity index (χ3n) is 7.24. The Morgan fingerprint density at radius 1 is 1.09 bits per heavy atom. The number of likely N-dealkylation sites (tertiary alicyclic amines) is 1. The van der Waals surface area contributed by atoms with E-state index in [0.29, 0.717) is 25.9 Å². The highest BCUT2D eigenvalue weighted by Crippen LogP contribution is 2.44. The Balaban J connectivity index is 1.37. The van der Waals surface area contributed by atoms with Crippen LogP contribution < -0.4 is 5.32 Å². The van der Waals surface area contributed by atoms with E-state index in [1.54, 1.807) is 11.8 Å². The lowest BCUT2D eigenvalue weighted by Gasteiger charge is -2.32. The molecule has 0 bridgehead atoms. The fraction of sp³-hybridized carbons (Fsp3) is 0.444. The van der Waals surface area contributed by atoms with Gasteiger partial charge in [-0.05, 0) is 54.4 Å². The van der Waals surface area contributed by atoms with Crippen molar-refractivity contribution in [2.24, 2.45) is 5.92 Å². The van der Waals surface area contributed by atoms with Crippen molar-refractivity contribution < 1.29 is 24.2 Å². The number of hydrogen-bond acceptors (Lipinski definition) is 4. The van der Waals surface area contributed by atoms with Crippen LogP contribution in [0.15, 0.2) is 48.5 Å². The summed E-state index contributed by atoms with van der Waals surface area (Å²) in [6.45, 7) is 4.87. The number of carbonyl (C=O) groups is 3. The molecule has 1 saturated heterocycles. The maximum atomic E-state index is 13.2. The molecular weight excluding hydrogens is 432 g/mol. The number of carbonyl (C=O) groups excluding carboxylic acids is 2. The minimum atomic E-state index is -1.08. The molecule has 0 saturated carbocycles. The second-order valence-corrected chi connectivity index (χ2v) is 9.47. The summed E-state index contributed by atoms with van der Waals surface area (Å²) in [4.78, 5) is 38.6. The normalized spacial score (nSPS) is 18.6. The number of amides is 2. The van der Waals surface area contributed by atoms with Gasteiger partial charge in [-0.3, -0.25) is 9.59 Å². The number of ether oxygens (including phenoxy) is 1. The first kappa shape index (κ1) is 23.8. The number of hydrogen-bond donors (Lipinski definition) is 2. The molecule has 2 N–H and O–H groups in total. The predicted octanol–water partition coefficient (Wildman–Crippen LogP) is 4.41. The molecule has 2 aliphatic rings. The molecule has 4 rings (SSSR count). The van der Waals surface area contributed by atoms with Crippen LogP contribution in [0, 0.1) is 5.92 Å². The molecule has 2 atom stereocenters. The lowest BCUT2D eigenvalue weighted by molar-refractivity contribution is -0.137. The fourth-order valence-corrected chi connectivity index (χ4v) is 5.08. The molecule has 1 fully saturated rings. The molecule has 1 aliphatic heterocycles. The molecule has 2 amide bonds. The van der Waals surface area contributed by atoms with Crippen LogP contribution in [0.5, 0.6) is 0 Å². The first-order valence-corrected chi connectivity index (χ1v) is 12.0. The third-order valence-corrected chi connectivity index (χ3v) is 7.24. The highest BCUT2D eigenvalue weighted by molar-refractivity contribution is 5.90. The molecular formula is C27H32N2O5. The minimum absolute atomic E-state index is 0.0460. The van der Waals surface area contributed by atoms with Gasteiger partial charge in [0.05, 0.1) is 0 Å². The fourth-order valence-electron chi connectivity index (χ4n) is 5.08. The zero-order valence-corrected chi connectivity index (χ0v) is 19.8. The molecule has 34 heavy (non-hydrogen) atoms. The largest absolute Gasteiger partial charge is 0.481 e. The Hall–Kier alpha value is -3.35. The maximum Gasteiger partial charge on any atom is 0.408 e. The first-order chi connectivity index (χ1) is 16.3. The van der Waals surface area contributed by atoms with Crippen molar-refractivity contribution in [1.82, 2.24) is 10.2 Å². The van der Waals surface area contributed by atoms with Gasteiger partial charge < -0.3 is 20.1 Å². The van der Waals surface area contributed by atoms with E-state index < -0.39 is 17.6 Å². The van der Waals surface area contributed by atoms with Gasteiger partial charge in [0.15, 0.2) is 0 Å². The summed E-state index contributed by atoms with van der Waals surface area (Å²) in [5.41, 5.74) is 3.51. The van der Waals surface area contributed by atoms with Crippen molar-refractivity contribution >= 4 is 18.0 Å². The van der Waals surface area contributed by atoms with E-state index in [-0.39, 0.29) is 30.8 Å². The van der Waals surface area contributed by atoms with Gasteiger partial charge in [-0.2, -0.15) is 0 Å². The Bertz CT molecular complexity index is 1040. The summed E-state index contributed by atoms with van der Waals surface area (Å²) in [6, 6.07) is 16.3. The van der Waals surface area contributed by atoms with Crippen molar-refractivity contribution in [1.29, 1.82) is 0 Å². The third kappa shape index (κ3) is 4.79. The number of carboxylic acids is 1. The number of fused-ring (bicyclic) bond motifs is 3. The molecule has 2 aromatic rings. The number of nitrogens with one attached hydrogen (secondary N) is 1. The summed E-state index contributed by atoms with van der Waals surface area (Å²) in [6.07, 6.45) is 1.26. The Morgan fingerprint density at radius 3 is 2.29 bits per heavy atom. The standard InChI is InChI=1S/C27H32N2O5/c1-3-27(2,25(32)29-15-14-18(16-29)12-13-24(30)31)28-26(33)34-17-23-21-10-6-4-8-19(21)20-9-5-7-11-22(20)23/h4-11,18,23H,3,12-17H2,1-2H3,(H,28,33)(H,30,31). The smallest absolute Gasteiger partial charge is 0.408 e. The quantitative estimate of drug-likeness (QED) is 0.603. The highest BCUT2D eigenvalue weighted by Gasteiger charge is 2.40. The monoisotopic (exact) mass is 464 g/mol. The lowest BCUT2D eigenvalue weighted by atomic mass is 9.97. The molecule has 7 nitrogen and oxygen atoms in total. The van der Waals surface area contributed by atoms with Gasteiger partial charge in [-0.1, -0.05) is 55.5 Å². The number of carboxylic acid groups (broad SMARTS) is 1. The van der Waals surface area contributed by atoms with E-state index in [1.165, 1.54) is 0 Å². The summed E-state index contributed by atoms with van der Waals surface area (Å²) in [7, 11) is 0. The Kier molecular flexibility index (Phi) is 6.91. The number of alkyl carbamates (subject to hydrolysis) is 1. The summed E-state index contributed by atoms with van der Waals surface area (Å²) in [5.74, 6) is -0.840. The Morgan fingerprint density at radius 2 is 1.71 bits per heavy atom. The second kappa shape index (κ2) is 9.87. The van der Waals surface area contributed by atoms with Crippen LogP contribution in [0.2, 0.25) is 0 Å². The number of benzene rings is 2. The average Bonchev–Trinajstić information content (AvgIpc) is 3.44. The number of rotatable bonds is 8. The van der Waals surface area contributed by atoms with Crippen LogP contribution >= 0.6 is 0 Å². The van der Waals surface area contributed by atoms with Gasteiger partial charge in [0, 0.05) is 25.4 Å². The lowest BCUT2D eigenvalue weighted by Crippen LogP contribution is -2.57. The van der Waals surface area contributed by atoms with E-state index in [0.717, 1.165) is 28.7 Å². The van der Waals surface area contributed by atoms with Crippen LogP contribution in [-0.4, -0.2) is 53.2 Å². The summed E-state index contributed by atoms with van der Waals surface area (Å²) in [5, 5.41) is 11.7. The van der Waals surface area contributed by atoms with Gasteiger partial charge in [-0.15, -0.1) is 0 Å². The van der Waals surface area contributed by atoms with E-state index in [1.807, 2.05) is 31.2 Å². The highest BCUT2D eigenvalue weighted by atomic mass is 16.5. The van der Waals surface area contributed by atoms with Crippen molar-refractivity contribution in [2.75, 3.05) is 19.7 Å².